The van der Waals surface area contributed by atoms with E-state index in [-0.39, 0.29) is 30.8 Å². The number of amides is 3. The van der Waals surface area contributed by atoms with E-state index in [0.717, 1.165) is 32.1 Å². The molecule has 0 N–H and O–H groups in total. The molecule has 1 saturated carbocycles. The monoisotopic (exact) mass is 345 g/mol. The molecule has 0 unspecified atom stereocenters. The molecule has 1 aromatic rings. The van der Waals surface area contributed by atoms with Gasteiger partial charge >= 0.3 is 6.03 Å². The lowest BCUT2D eigenvalue weighted by atomic mass is 9.90. The lowest BCUT2D eigenvalue weighted by Crippen LogP contribution is -2.50. The molecule has 1 aliphatic carbocycles. The van der Waals surface area contributed by atoms with E-state index in [9.17, 15) is 19.7 Å². The number of imide groups is 1. The molecular weight excluding hydrogens is 326 g/mol. The number of fused-ring (bicyclic) bond motifs is 2. The van der Waals surface area contributed by atoms with Gasteiger partial charge in [0.1, 0.15) is 11.8 Å². The summed E-state index contributed by atoms with van der Waals surface area (Å²) in [6, 6.07) is 5.07. The lowest BCUT2D eigenvalue weighted by Gasteiger charge is -2.39. The summed E-state index contributed by atoms with van der Waals surface area (Å²) in [5, 5.41) is 10.7. The molecule has 2 saturated heterocycles. The van der Waals surface area contributed by atoms with E-state index in [4.69, 9.17) is 4.74 Å². The van der Waals surface area contributed by atoms with Crippen LogP contribution < -0.4 is 0 Å². The highest BCUT2D eigenvalue weighted by Crippen LogP contribution is 2.44. The molecule has 25 heavy (non-hydrogen) atoms. The van der Waals surface area contributed by atoms with E-state index in [1.165, 1.54) is 17.0 Å². The van der Waals surface area contributed by atoms with E-state index in [2.05, 4.69) is 0 Å². The number of hydrogen-bond donors (Lipinski definition) is 0. The Kier molecular flexibility index (Phi) is 3.72. The SMILES string of the molecule is O=C1[C@H]2COC3(CCCCC3)N2C(=O)N1Cc1ccc([N+](=O)[O-])cc1. The number of rotatable bonds is 3. The number of non-ortho nitro benzene ring substituents is 1. The highest BCUT2D eigenvalue weighted by atomic mass is 16.6. The summed E-state index contributed by atoms with van der Waals surface area (Å²) < 4.78 is 5.91. The average Bonchev–Trinajstić information content (AvgIpc) is 3.08. The predicted octanol–water partition coefficient (Wildman–Crippen LogP) is 2.42. The normalized spacial score (nSPS) is 24.9. The third-order valence-electron chi connectivity index (χ3n) is 5.37. The number of nitrogens with zero attached hydrogens (tertiary/aromatic N) is 3. The van der Waals surface area contributed by atoms with Gasteiger partial charge in [-0.1, -0.05) is 18.6 Å². The first-order chi connectivity index (χ1) is 12.0. The first-order valence-electron chi connectivity index (χ1n) is 8.54. The fourth-order valence-electron chi connectivity index (χ4n) is 4.10. The maximum atomic E-state index is 12.9. The molecular formula is C17H19N3O5. The van der Waals surface area contributed by atoms with Gasteiger partial charge in [0, 0.05) is 12.1 Å². The topological polar surface area (TPSA) is 93.0 Å². The van der Waals surface area contributed by atoms with Crippen molar-refractivity contribution in [2.45, 2.75) is 50.4 Å². The molecule has 0 aromatic heterocycles. The molecule has 132 valence electrons. The molecule has 1 spiro atoms. The Bertz CT molecular complexity index is 726. The maximum Gasteiger partial charge on any atom is 0.330 e. The number of carbonyl (C=O) groups excluding carboxylic acids is 2. The van der Waals surface area contributed by atoms with Crippen LogP contribution in [-0.2, 0) is 16.1 Å². The zero-order chi connectivity index (χ0) is 17.6. The van der Waals surface area contributed by atoms with Crippen LogP contribution in [0.3, 0.4) is 0 Å². The van der Waals surface area contributed by atoms with Gasteiger partial charge in [0.2, 0.25) is 0 Å². The molecule has 8 nitrogen and oxygen atoms in total. The summed E-state index contributed by atoms with van der Waals surface area (Å²) in [7, 11) is 0. The van der Waals surface area contributed by atoms with Crippen LogP contribution in [0.5, 0.6) is 0 Å². The lowest BCUT2D eigenvalue weighted by molar-refractivity contribution is -0.384. The van der Waals surface area contributed by atoms with Crippen LogP contribution in [0.1, 0.15) is 37.7 Å². The van der Waals surface area contributed by atoms with Gasteiger partial charge in [-0.25, -0.2) is 4.79 Å². The van der Waals surface area contributed by atoms with Crippen LogP contribution in [0.25, 0.3) is 0 Å². The quantitative estimate of drug-likeness (QED) is 0.476. The van der Waals surface area contributed by atoms with E-state index in [1.54, 1.807) is 17.0 Å². The zero-order valence-corrected chi connectivity index (χ0v) is 13.7. The largest absolute Gasteiger partial charge is 0.353 e. The minimum atomic E-state index is -0.625. The fraction of sp³-hybridized carbons (Fsp3) is 0.529. The van der Waals surface area contributed by atoms with Gasteiger partial charge in [0.25, 0.3) is 11.6 Å². The van der Waals surface area contributed by atoms with Crippen LogP contribution >= 0.6 is 0 Å². The van der Waals surface area contributed by atoms with Crippen LogP contribution in [0.2, 0.25) is 0 Å². The van der Waals surface area contributed by atoms with Crippen LogP contribution in [0.4, 0.5) is 10.5 Å². The number of benzene rings is 1. The molecule has 4 rings (SSSR count). The van der Waals surface area contributed by atoms with Crippen molar-refractivity contribution in [1.82, 2.24) is 9.80 Å². The summed E-state index contributed by atoms with van der Waals surface area (Å²) >= 11 is 0. The Hall–Kier alpha value is -2.48. The number of nitro benzene ring substituents is 1. The molecule has 0 bridgehead atoms. The van der Waals surface area contributed by atoms with Crippen molar-refractivity contribution in [3.63, 3.8) is 0 Å². The third kappa shape index (κ3) is 2.48. The average molecular weight is 345 g/mol. The second kappa shape index (κ2) is 5.80. The highest BCUT2D eigenvalue weighted by molar-refractivity contribution is 6.05. The Morgan fingerprint density at radius 1 is 1.16 bits per heavy atom. The van der Waals surface area contributed by atoms with Crippen molar-refractivity contribution in [2.24, 2.45) is 0 Å². The first kappa shape index (κ1) is 16.0. The Balaban J connectivity index is 1.55. The molecule has 1 atom stereocenters. The number of ether oxygens (including phenoxy) is 1. The second-order valence-electron chi connectivity index (χ2n) is 6.83. The number of nitro groups is 1. The van der Waals surface area contributed by atoms with E-state index >= 15 is 0 Å². The van der Waals surface area contributed by atoms with E-state index in [1.807, 2.05) is 0 Å². The Morgan fingerprint density at radius 3 is 2.48 bits per heavy atom. The molecule has 3 fully saturated rings. The molecule has 1 aromatic carbocycles. The molecule has 8 heteroatoms. The maximum absolute atomic E-state index is 12.9. The minimum Gasteiger partial charge on any atom is -0.353 e. The van der Waals surface area contributed by atoms with E-state index in [0.29, 0.717) is 5.56 Å². The van der Waals surface area contributed by atoms with Crippen LogP contribution in [0.15, 0.2) is 24.3 Å². The van der Waals surface area contributed by atoms with E-state index < -0.39 is 16.7 Å². The van der Waals surface area contributed by atoms with Crippen molar-refractivity contribution in [3.05, 3.63) is 39.9 Å². The summed E-state index contributed by atoms with van der Waals surface area (Å²) in [5.74, 6) is -0.245. The fourth-order valence-corrected chi connectivity index (χ4v) is 4.10. The zero-order valence-electron chi connectivity index (χ0n) is 13.7. The Labute approximate surface area is 144 Å². The standard InChI is InChI=1S/C17H19N3O5/c21-15-14-11-25-17(8-2-1-3-9-17)19(14)16(22)18(15)10-12-4-6-13(7-5-12)20(23)24/h4-7,14H,1-3,8-11H2/t14-/m1/s1. The predicted molar refractivity (Wildman–Crippen MR) is 86.4 cm³/mol. The molecule has 3 amide bonds. The van der Waals surface area contributed by atoms with Gasteiger partial charge in [0.05, 0.1) is 18.1 Å². The smallest absolute Gasteiger partial charge is 0.330 e. The number of urea groups is 1. The molecule has 0 radical (unpaired) electrons. The highest BCUT2D eigenvalue weighted by Gasteiger charge is 2.59. The minimum absolute atomic E-state index is 0.0157. The Morgan fingerprint density at radius 2 is 1.84 bits per heavy atom. The summed E-state index contributed by atoms with van der Waals surface area (Å²) in [6.07, 6.45) is 4.65. The van der Waals surface area contributed by atoms with Crippen molar-refractivity contribution >= 4 is 17.6 Å². The van der Waals surface area contributed by atoms with Crippen molar-refractivity contribution in [3.8, 4) is 0 Å². The molecule has 2 aliphatic heterocycles. The van der Waals surface area contributed by atoms with Gasteiger partial charge in [-0.05, 0) is 31.2 Å². The molecule has 3 aliphatic rings. The second-order valence-corrected chi connectivity index (χ2v) is 6.83. The number of carbonyl (C=O) groups is 2. The molecule has 2 heterocycles. The van der Waals surface area contributed by atoms with Crippen LogP contribution in [-0.4, -0.2) is 45.0 Å². The van der Waals surface area contributed by atoms with Crippen molar-refractivity contribution in [1.29, 1.82) is 0 Å². The van der Waals surface area contributed by atoms with Gasteiger partial charge in [-0.3, -0.25) is 24.7 Å². The number of hydrogen-bond acceptors (Lipinski definition) is 5. The summed E-state index contributed by atoms with van der Waals surface area (Å²) in [6.45, 7) is 0.375. The summed E-state index contributed by atoms with van der Waals surface area (Å²) in [4.78, 5) is 38.7. The third-order valence-corrected chi connectivity index (χ3v) is 5.37. The van der Waals surface area contributed by atoms with Gasteiger partial charge in [0.15, 0.2) is 0 Å². The van der Waals surface area contributed by atoms with Crippen molar-refractivity contribution < 1.29 is 19.2 Å². The van der Waals surface area contributed by atoms with Gasteiger partial charge in [-0.2, -0.15) is 0 Å². The van der Waals surface area contributed by atoms with Gasteiger partial charge in [-0.15, -0.1) is 0 Å². The van der Waals surface area contributed by atoms with Gasteiger partial charge < -0.3 is 4.74 Å². The van der Waals surface area contributed by atoms with Crippen molar-refractivity contribution in [2.75, 3.05) is 6.61 Å². The first-order valence-corrected chi connectivity index (χ1v) is 8.54. The summed E-state index contributed by atoms with van der Waals surface area (Å²) in [5.41, 5.74) is 0.0463. The van der Waals surface area contributed by atoms with Crippen LogP contribution in [0, 0.1) is 10.1 Å².